The SMILES string of the molecule is C/C=C/c1cc(CC)c(OP(=O)(N(C)C)N(C)C)c(OC)c1. The van der Waals surface area contributed by atoms with Crippen LogP contribution in [-0.4, -0.2) is 44.6 Å². The first-order valence-corrected chi connectivity index (χ1v) is 8.82. The van der Waals surface area contributed by atoms with Gasteiger partial charge in [-0.25, -0.2) is 13.9 Å². The molecule has 0 saturated heterocycles. The van der Waals surface area contributed by atoms with Gasteiger partial charge in [0.25, 0.3) is 0 Å². The average molecular weight is 326 g/mol. The monoisotopic (exact) mass is 326 g/mol. The Morgan fingerprint density at radius 3 is 2.18 bits per heavy atom. The highest BCUT2D eigenvalue weighted by Gasteiger charge is 2.33. The largest absolute Gasteiger partial charge is 0.493 e. The van der Waals surface area contributed by atoms with Crippen LogP contribution < -0.4 is 9.26 Å². The van der Waals surface area contributed by atoms with Gasteiger partial charge >= 0.3 is 7.67 Å². The van der Waals surface area contributed by atoms with Gasteiger partial charge in [-0.1, -0.05) is 19.1 Å². The lowest BCUT2D eigenvalue weighted by atomic mass is 10.1. The van der Waals surface area contributed by atoms with Crippen molar-refractivity contribution in [3.63, 3.8) is 0 Å². The van der Waals surface area contributed by atoms with Crippen molar-refractivity contribution >= 4 is 13.7 Å². The molecule has 0 aliphatic carbocycles. The fourth-order valence-corrected chi connectivity index (χ4v) is 3.62. The Morgan fingerprint density at radius 2 is 1.77 bits per heavy atom. The molecule has 0 aromatic heterocycles. The Labute approximate surface area is 134 Å². The van der Waals surface area contributed by atoms with E-state index in [2.05, 4.69) is 0 Å². The van der Waals surface area contributed by atoms with E-state index in [-0.39, 0.29) is 0 Å². The van der Waals surface area contributed by atoms with Gasteiger partial charge in [-0.2, -0.15) is 0 Å². The summed E-state index contributed by atoms with van der Waals surface area (Å²) in [5.41, 5.74) is 2.00. The van der Waals surface area contributed by atoms with Crippen molar-refractivity contribution in [1.82, 2.24) is 9.34 Å². The van der Waals surface area contributed by atoms with Crippen molar-refractivity contribution in [2.45, 2.75) is 20.3 Å². The van der Waals surface area contributed by atoms with E-state index >= 15 is 0 Å². The van der Waals surface area contributed by atoms with E-state index < -0.39 is 7.67 Å². The third kappa shape index (κ3) is 3.92. The molecule has 0 N–H and O–H groups in total. The molecule has 0 heterocycles. The molecule has 0 unspecified atom stereocenters. The normalized spacial score (nSPS) is 12.4. The van der Waals surface area contributed by atoms with E-state index in [1.165, 1.54) is 0 Å². The Hall–Kier alpha value is -1.29. The summed E-state index contributed by atoms with van der Waals surface area (Å²) < 4.78 is 27.7. The van der Waals surface area contributed by atoms with Crippen molar-refractivity contribution < 1.29 is 13.8 Å². The van der Waals surface area contributed by atoms with Crippen LogP contribution in [0.3, 0.4) is 0 Å². The Bertz CT molecular complexity index is 546. The van der Waals surface area contributed by atoms with Crippen LogP contribution in [0.1, 0.15) is 25.0 Å². The molecule has 0 amide bonds. The number of aryl methyl sites for hydroxylation is 1. The number of ether oxygens (including phenoxy) is 1. The highest BCUT2D eigenvalue weighted by molar-refractivity contribution is 7.54. The summed E-state index contributed by atoms with van der Waals surface area (Å²) in [5.74, 6) is 1.14. The molecular weight excluding hydrogens is 299 g/mol. The molecule has 0 atom stereocenters. The molecule has 0 saturated carbocycles. The van der Waals surface area contributed by atoms with Gasteiger partial charge in [0.1, 0.15) is 0 Å². The molecule has 6 heteroatoms. The number of benzene rings is 1. The summed E-state index contributed by atoms with van der Waals surface area (Å²) in [7, 11) is 5.44. The topological polar surface area (TPSA) is 42.0 Å². The Kier molecular flexibility index (Phi) is 6.66. The molecule has 0 aliphatic rings. The van der Waals surface area contributed by atoms with Gasteiger partial charge in [0.05, 0.1) is 7.11 Å². The Balaban J connectivity index is 3.42. The number of methoxy groups -OCH3 is 1. The summed E-state index contributed by atoms with van der Waals surface area (Å²) in [4.78, 5) is 0. The standard InChI is InChI=1S/C16H27N2O3P/c1-8-10-13-11-14(9-2)16(15(12-13)20-7)21-22(19,17(3)4)18(5)6/h8,10-12H,9H2,1-7H3/b10-8+. The minimum Gasteiger partial charge on any atom is -0.493 e. The van der Waals surface area contributed by atoms with Crippen LogP contribution in [0.2, 0.25) is 0 Å². The van der Waals surface area contributed by atoms with Crippen LogP contribution in [0.4, 0.5) is 0 Å². The van der Waals surface area contributed by atoms with Gasteiger partial charge in [0, 0.05) is 0 Å². The average Bonchev–Trinajstić information content (AvgIpc) is 2.47. The fraction of sp³-hybridized carbons (Fsp3) is 0.500. The number of hydrogen-bond donors (Lipinski definition) is 0. The van der Waals surface area contributed by atoms with Crippen LogP contribution in [0.15, 0.2) is 18.2 Å². The highest BCUT2D eigenvalue weighted by Crippen LogP contribution is 2.53. The number of hydrogen-bond acceptors (Lipinski definition) is 3. The van der Waals surface area contributed by atoms with Crippen molar-refractivity contribution in [3.8, 4) is 11.5 Å². The lowest BCUT2D eigenvalue weighted by Crippen LogP contribution is -2.25. The van der Waals surface area contributed by atoms with Crippen molar-refractivity contribution in [3.05, 3.63) is 29.3 Å². The minimum absolute atomic E-state index is 0.545. The van der Waals surface area contributed by atoms with E-state index in [1.54, 1.807) is 44.6 Å². The van der Waals surface area contributed by atoms with E-state index in [9.17, 15) is 4.57 Å². The van der Waals surface area contributed by atoms with Crippen LogP contribution in [0, 0.1) is 0 Å². The van der Waals surface area contributed by atoms with Crippen LogP contribution in [-0.2, 0) is 11.0 Å². The van der Waals surface area contributed by atoms with Gasteiger partial charge in [-0.3, -0.25) is 0 Å². The van der Waals surface area contributed by atoms with Crippen molar-refractivity contribution in [2.75, 3.05) is 35.3 Å². The predicted molar refractivity (Wildman–Crippen MR) is 92.7 cm³/mol. The predicted octanol–water partition coefficient (Wildman–Crippen LogP) is 3.90. The number of allylic oxidation sites excluding steroid dienone is 1. The van der Waals surface area contributed by atoms with Crippen molar-refractivity contribution in [1.29, 1.82) is 0 Å². The van der Waals surface area contributed by atoms with Crippen LogP contribution in [0.5, 0.6) is 11.5 Å². The first-order valence-electron chi connectivity index (χ1n) is 7.29. The maximum Gasteiger partial charge on any atom is 0.394 e. The second kappa shape index (κ2) is 7.82. The summed E-state index contributed by atoms with van der Waals surface area (Å²) in [5, 5.41) is 0. The van der Waals surface area contributed by atoms with E-state index in [1.807, 2.05) is 38.1 Å². The summed E-state index contributed by atoms with van der Waals surface area (Å²) in [6.07, 6.45) is 4.74. The zero-order valence-electron chi connectivity index (χ0n) is 14.6. The quantitative estimate of drug-likeness (QED) is 0.711. The van der Waals surface area contributed by atoms with Gasteiger partial charge < -0.3 is 9.26 Å². The zero-order chi connectivity index (χ0) is 16.9. The molecule has 1 aromatic rings. The number of nitrogens with zero attached hydrogens (tertiary/aromatic N) is 2. The van der Waals surface area contributed by atoms with E-state index in [0.717, 1.165) is 17.5 Å². The van der Waals surface area contributed by atoms with Crippen molar-refractivity contribution in [2.24, 2.45) is 0 Å². The van der Waals surface area contributed by atoms with E-state index in [4.69, 9.17) is 9.26 Å². The molecule has 124 valence electrons. The molecule has 22 heavy (non-hydrogen) atoms. The third-order valence-electron chi connectivity index (χ3n) is 3.34. The molecule has 1 aromatic carbocycles. The molecule has 5 nitrogen and oxygen atoms in total. The summed E-state index contributed by atoms with van der Waals surface area (Å²) in [6.45, 7) is 4.01. The smallest absolute Gasteiger partial charge is 0.394 e. The molecule has 1 rings (SSSR count). The van der Waals surface area contributed by atoms with Gasteiger partial charge in [0.15, 0.2) is 11.5 Å². The lowest BCUT2D eigenvalue weighted by molar-refractivity contribution is 0.336. The lowest BCUT2D eigenvalue weighted by Gasteiger charge is -2.31. The minimum atomic E-state index is -3.13. The van der Waals surface area contributed by atoms with Gasteiger partial charge in [-0.05, 0) is 64.8 Å². The Morgan fingerprint density at radius 1 is 1.18 bits per heavy atom. The summed E-state index contributed by atoms with van der Waals surface area (Å²) >= 11 is 0. The molecular formula is C16H27N2O3P. The van der Waals surface area contributed by atoms with Crippen LogP contribution in [0.25, 0.3) is 6.08 Å². The number of rotatable bonds is 7. The third-order valence-corrected chi connectivity index (χ3v) is 5.78. The first kappa shape index (κ1) is 18.8. The first-order chi connectivity index (χ1) is 10.3. The van der Waals surface area contributed by atoms with Crippen LogP contribution >= 0.6 is 7.67 Å². The molecule has 0 radical (unpaired) electrons. The van der Waals surface area contributed by atoms with Gasteiger partial charge in [0.2, 0.25) is 0 Å². The second-order valence-corrected chi connectivity index (χ2v) is 8.10. The maximum absolute atomic E-state index is 13.1. The summed E-state index contributed by atoms with van der Waals surface area (Å²) in [6, 6.07) is 3.93. The maximum atomic E-state index is 13.1. The highest BCUT2D eigenvalue weighted by atomic mass is 31.2. The molecule has 0 bridgehead atoms. The molecule has 0 aliphatic heterocycles. The molecule has 0 spiro atoms. The zero-order valence-corrected chi connectivity index (χ0v) is 15.5. The van der Waals surface area contributed by atoms with E-state index in [0.29, 0.717) is 11.5 Å². The fourth-order valence-electron chi connectivity index (χ4n) is 2.13. The van der Waals surface area contributed by atoms with Gasteiger partial charge in [-0.15, -0.1) is 0 Å². The second-order valence-electron chi connectivity index (χ2n) is 5.34. The molecule has 0 fully saturated rings.